The van der Waals surface area contributed by atoms with Crippen LogP contribution in [-0.4, -0.2) is 4.98 Å². The van der Waals surface area contributed by atoms with Gasteiger partial charge >= 0.3 is 0 Å². The molecule has 18 heavy (non-hydrogen) atoms. The molecule has 0 amide bonds. The fourth-order valence-electron chi connectivity index (χ4n) is 3.68. The van der Waals surface area contributed by atoms with Gasteiger partial charge in [0.2, 0.25) is 0 Å². The van der Waals surface area contributed by atoms with Crippen molar-refractivity contribution in [3.8, 4) is 10.6 Å². The van der Waals surface area contributed by atoms with Crippen molar-refractivity contribution in [3.63, 3.8) is 0 Å². The molecule has 3 aliphatic carbocycles. The van der Waals surface area contributed by atoms with Gasteiger partial charge in [0.05, 0.1) is 10.6 Å². The normalized spacial score (nSPS) is 27.4. The average Bonchev–Trinajstić information content (AvgIpc) is 2.91. The lowest BCUT2D eigenvalue weighted by Gasteiger charge is -2.56. The first kappa shape index (κ1) is 10.7. The molecular weight excluding hydrogens is 238 g/mol. The predicted molar refractivity (Wildman–Crippen MR) is 75.9 cm³/mol. The van der Waals surface area contributed by atoms with E-state index in [9.17, 15) is 0 Å². The van der Waals surface area contributed by atoms with Crippen LogP contribution in [0.25, 0.3) is 10.6 Å². The van der Waals surface area contributed by atoms with E-state index in [0.29, 0.717) is 5.41 Å². The van der Waals surface area contributed by atoms with E-state index in [1.165, 1.54) is 29.0 Å². The third kappa shape index (κ3) is 1.30. The number of hydrogen-bond donors (Lipinski definition) is 0. The van der Waals surface area contributed by atoms with Crippen LogP contribution in [-0.2, 0) is 6.42 Å². The van der Waals surface area contributed by atoms with Gasteiger partial charge in [-0.1, -0.05) is 26.0 Å². The molecule has 0 unspecified atom stereocenters. The quantitative estimate of drug-likeness (QED) is 0.731. The van der Waals surface area contributed by atoms with Crippen molar-refractivity contribution < 1.29 is 0 Å². The monoisotopic (exact) mass is 255 g/mol. The number of aromatic nitrogens is 1. The molecule has 0 aliphatic heterocycles. The van der Waals surface area contributed by atoms with Crippen LogP contribution in [0.2, 0.25) is 0 Å². The van der Waals surface area contributed by atoms with Gasteiger partial charge in [0.25, 0.3) is 0 Å². The van der Waals surface area contributed by atoms with Gasteiger partial charge in [-0.25, -0.2) is 0 Å². The average molecular weight is 255 g/mol. The van der Waals surface area contributed by atoms with Crippen LogP contribution in [0.15, 0.2) is 29.6 Å². The third-order valence-electron chi connectivity index (χ3n) is 5.07. The molecule has 92 valence electrons. The molecule has 5 rings (SSSR count). The largest absolute Gasteiger partial charge is 0.252 e. The fourth-order valence-corrected chi connectivity index (χ4v) is 4.37. The van der Waals surface area contributed by atoms with Gasteiger partial charge in [-0.05, 0) is 53.2 Å². The minimum Gasteiger partial charge on any atom is -0.252 e. The first-order valence-corrected chi connectivity index (χ1v) is 7.58. The van der Waals surface area contributed by atoms with Crippen LogP contribution in [0.5, 0.6) is 0 Å². The number of nitrogens with zero attached hydrogens (tertiary/aromatic N) is 1. The van der Waals surface area contributed by atoms with Crippen molar-refractivity contribution in [2.45, 2.75) is 32.6 Å². The van der Waals surface area contributed by atoms with Gasteiger partial charge in [0, 0.05) is 5.69 Å². The molecule has 2 heterocycles. The van der Waals surface area contributed by atoms with E-state index in [4.69, 9.17) is 4.98 Å². The Labute approximate surface area is 112 Å². The minimum absolute atomic E-state index is 0.499. The molecule has 2 aromatic rings. The van der Waals surface area contributed by atoms with Gasteiger partial charge in [-0.2, -0.15) is 0 Å². The first-order chi connectivity index (χ1) is 8.66. The summed E-state index contributed by atoms with van der Waals surface area (Å²) in [5.41, 5.74) is 4.53. The summed E-state index contributed by atoms with van der Waals surface area (Å²) in [7, 11) is 0. The maximum Gasteiger partial charge on any atom is 0.0805 e. The molecule has 2 bridgehead atoms. The summed E-state index contributed by atoms with van der Waals surface area (Å²) in [6.45, 7) is 4.84. The molecule has 3 aliphatic rings. The van der Waals surface area contributed by atoms with Crippen LogP contribution >= 0.6 is 11.3 Å². The highest BCUT2D eigenvalue weighted by molar-refractivity contribution is 7.13. The molecule has 0 aromatic carbocycles. The SMILES string of the molecule is CC1(C)[C@H]2Cc3nc(-c4cccs4)ccc3[C@@H]1C2. The molecule has 0 spiro atoms. The van der Waals surface area contributed by atoms with Gasteiger partial charge in [-0.15, -0.1) is 11.3 Å². The maximum absolute atomic E-state index is 4.91. The second-order valence-corrected chi connectivity index (χ2v) is 7.17. The highest BCUT2D eigenvalue weighted by Crippen LogP contribution is 2.61. The van der Waals surface area contributed by atoms with Crippen LogP contribution in [0, 0.1) is 11.3 Å². The van der Waals surface area contributed by atoms with Crippen LogP contribution in [0.4, 0.5) is 0 Å². The molecule has 0 saturated heterocycles. The molecule has 2 aromatic heterocycles. The Morgan fingerprint density at radius 3 is 2.89 bits per heavy atom. The van der Waals surface area contributed by atoms with Crippen molar-refractivity contribution in [2.24, 2.45) is 11.3 Å². The number of thiophene rings is 1. The van der Waals surface area contributed by atoms with Crippen molar-refractivity contribution in [2.75, 3.05) is 0 Å². The molecule has 1 saturated carbocycles. The lowest BCUT2D eigenvalue weighted by atomic mass is 9.48. The summed E-state index contributed by atoms with van der Waals surface area (Å²) in [5.74, 6) is 1.59. The number of rotatable bonds is 1. The molecule has 1 fully saturated rings. The lowest BCUT2D eigenvalue weighted by molar-refractivity contribution is 0.0170. The van der Waals surface area contributed by atoms with Crippen LogP contribution < -0.4 is 0 Å². The van der Waals surface area contributed by atoms with E-state index in [1.807, 2.05) is 0 Å². The molecule has 0 N–H and O–H groups in total. The Morgan fingerprint density at radius 2 is 2.17 bits per heavy atom. The van der Waals surface area contributed by atoms with Gasteiger partial charge < -0.3 is 0 Å². The van der Waals surface area contributed by atoms with Crippen molar-refractivity contribution in [1.29, 1.82) is 0 Å². The first-order valence-electron chi connectivity index (χ1n) is 6.70. The zero-order valence-electron chi connectivity index (χ0n) is 10.8. The minimum atomic E-state index is 0.499. The summed E-state index contributed by atoms with van der Waals surface area (Å²) >= 11 is 1.78. The lowest BCUT2D eigenvalue weighted by Crippen LogP contribution is -2.48. The van der Waals surface area contributed by atoms with E-state index < -0.39 is 0 Å². The van der Waals surface area contributed by atoms with E-state index in [1.54, 1.807) is 11.3 Å². The van der Waals surface area contributed by atoms with Gasteiger partial charge in [0.15, 0.2) is 0 Å². The fraction of sp³-hybridized carbons (Fsp3) is 0.438. The summed E-state index contributed by atoms with van der Waals surface area (Å²) < 4.78 is 0. The second kappa shape index (κ2) is 3.45. The molecule has 1 nitrogen and oxygen atoms in total. The Bertz CT molecular complexity index is 598. The topological polar surface area (TPSA) is 12.9 Å². The Hall–Kier alpha value is -1.15. The third-order valence-corrected chi connectivity index (χ3v) is 5.96. The summed E-state index contributed by atoms with van der Waals surface area (Å²) in [6, 6.07) is 8.80. The highest BCUT2D eigenvalue weighted by atomic mass is 32.1. The van der Waals surface area contributed by atoms with Gasteiger partial charge in [0.1, 0.15) is 0 Å². The van der Waals surface area contributed by atoms with Crippen molar-refractivity contribution in [1.82, 2.24) is 4.98 Å². The Balaban J connectivity index is 1.79. The predicted octanol–water partition coefficient (Wildman–Crippen LogP) is 4.50. The van der Waals surface area contributed by atoms with Crippen molar-refractivity contribution in [3.05, 3.63) is 40.9 Å². The maximum atomic E-state index is 4.91. The van der Waals surface area contributed by atoms with Crippen molar-refractivity contribution >= 4 is 11.3 Å². The van der Waals surface area contributed by atoms with E-state index in [0.717, 1.165) is 17.5 Å². The standard InChI is InChI=1S/C16H17NS/c1-16(2)10-8-12(16)11-5-6-13(17-14(11)9-10)15-4-3-7-18-15/h3-7,10,12H,8-9H2,1-2H3/t10-,12+/m1/s1. The highest BCUT2D eigenvalue weighted by Gasteiger charge is 2.52. The van der Waals surface area contributed by atoms with E-state index in [-0.39, 0.29) is 0 Å². The Kier molecular flexibility index (Phi) is 2.06. The van der Waals surface area contributed by atoms with E-state index >= 15 is 0 Å². The second-order valence-electron chi connectivity index (χ2n) is 6.22. The van der Waals surface area contributed by atoms with Gasteiger partial charge in [-0.3, -0.25) is 4.98 Å². The van der Waals surface area contributed by atoms with E-state index in [2.05, 4.69) is 43.5 Å². The molecular formula is C16H17NS. The zero-order chi connectivity index (χ0) is 12.3. The molecule has 0 radical (unpaired) electrons. The summed E-state index contributed by atoms with van der Waals surface area (Å²) in [6.07, 6.45) is 2.55. The molecule has 2 atom stereocenters. The number of hydrogen-bond acceptors (Lipinski definition) is 2. The molecule has 2 heteroatoms. The summed E-state index contributed by atoms with van der Waals surface area (Å²) in [4.78, 5) is 6.20. The smallest absolute Gasteiger partial charge is 0.0805 e. The summed E-state index contributed by atoms with van der Waals surface area (Å²) in [5, 5.41) is 2.12. The number of pyridine rings is 1. The Morgan fingerprint density at radius 1 is 1.28 bits per heavy atom. The zero-order valence-corrected chi connectivity index (χ0v) is 11.6. The van der Waals surface area contributed by atoms with Crippen LogP contribution in [0.3, 0.4) is 0 Å². The van der Waals surface area contributed by atoms with Crippen LogP contribution in [0.1, 0.15) is 37.4 Å².